The number of nitrogens with one attached hydrogen (secondary N) is 1. The van der Waals surface area contributed by atoms with Gasteiger partial charge in [-0.1, -0.05) is 32.0 Å². The number of anilines is 2. The van der Waals surface area contributed by atoms with Crippen molar-refractivity contribution in [3.05, 3.63) is 47.5 Å². The first-order valence-corrected chi connectivity index (χ1v) is 9.68. The van der Waals surface area contributed by atoms with Gasteiger partial charge in [0.25, 0.3) is 0 Å². The van der Waals surface area contributed by atoms with Crippen LogP contribution in [-0.2, 0) is 9.59 Å². The number of para-hydroxylation sites is 1. The summed E-state index contributed by atoms with van der Waals surface area (Å²) in [5, 5.41) is 2.85. The third-order valence-electron chi connectivity index (χ3n) is 4.78. The lowest BCUT2D eigenvalue weighted by atomic mass is 9.97. The van der Waals surface area contributed by atoms with Crippen molar-refractivity contribution in [2.75, 3.05) is 31.0 Å². The summed E-state index contributed by atoms with van der Waals surface area (Å²) in [5.74, 6) is 1.13. The van der Waals surface area contributed by atoms with Crippen molar-refractivity contribution in [2.24, 2.45) is 0 Å². The normalized spacial score (nSPS) is 10.6. The molecule has 0 saturated carbocycles. The number of hydrogen-bond acceptors (Lipinski definition) is 4. The zero-order valence-corrected chi connectivity index (χ0v) is 18.0. The summed E-state index contributed by atoms with van der Waals surface area (Å²) in [6.07, 6.45) is 0.159. The monoisotopic (exact) mass is 398 g/mol. The number of ether oxygens (including phenoxy) is 2. The van der Waals surface area contributed by atoms with Gasteiger partial charge in [-0.15, -0.1) is 0 Å². The third kappa shape index (κ3) is 5.50. The largest absolute Gasteiger partial charge is 0.497 e. The number of benzene rings is 2. The molecule has 6 heteroatoms. The van der Waals surface area contributed by atoms with Crippen LogP contribution in [0, 0.1) is 6.92 Å². The van der Waals surface area contributed by atoms with Crippen LogP contribution in [0.5, 0.6) is 11.5 Å². The fourth-order valence-electron chi connectivity index (χ4n) is 3.28. The van der Waals surface area contributed by atoms with E-state index in [0.29, 0.717) is 17.2 Å². The van der Waals surface area contributed by atoms with Crippen LogP contribution in [0.1, 0.15) is 44.2 Å². The van der Waals surface area contributed by atoms with Gasteiger partial charge in [-0.25, -0.2) is 0 Å². The minimum atomic E-state index is -0.206. The van der Waals surface area contributed by atoms with Gasteiger partial charge in [-0.2, -0.15) is 0 Å². The second-order valence-corrected chi connectivity index (χ2v) is 7.20. The number of rotatable bonds is 8. The van der Waals surface area contributed by atoms with E-state index in [9.17, 15) is 9.59 Å². The van der Waals surface area contributed by atoms with E-state index in [0.717, 1.165) is 16.8 Å². The summed E-state index contributed by atoms with van der Waals surface area (Å²) in [6, 6.07) is 11.2. The molecule has 156 valence electrons. The number of carbonyl (C=O) groups excluding carboxylic acids is 2. The standard InChI is InChI=1S/C23H30N2O4/c1-15(2)19-9-7-8-16(3)23(19)25(17(4)26)13-12-22(27)24-20-14-18(28-5)10-11-21(20)29-6/h7-11,14-15H,12-13H2,1-6H3,(H,24,27). The molecule has 0 radical (unpaired) electrons. The van der Waals surface area contributed by atoms with Crippen LogP contribution in [0.25, 0.3) is 0 Å². The van der Waals surface area contributed by atoms with E-state index < -0.39 is 0 Å². The van der Waals surface area contributed by atoms with Crippen molar-refractivity contribution in [3.63, 3.8) is 0 Å². The van der Waals surface area contributed by atoms with Crippen LogP contribution in [0.15, 0.2) is 36.4 Å². The Morgan fingerprint density at radius 2 is 1.83 bits per heavy atom. The average molecular weight is 399 g/mol. The van der Waals surface area contributed by atoms with Gasteiger partial charge in [-0.3, -0.25) is 9.59 Å². The van der Waals surface area contributed by atoms with Crippen molar-refractivity contribution in [1.29, 1.82) is 0 Å². The van der Waals surface area contributed by atoms with Crippen LogP contribution in [0.2, 0.25) is 0 Å². The van der Waals surface area contributed by atoms with Gasteiger partial charge in [-0.05, 0) is 36.1 Å². The Hall–Kier alpha value is -3.02. The topological polar surface area (TPSA) is 67.9 Å². The molecule has 1 N–H and O–H groups in total. The first-order valence-electron chi connectivity index (χ1n) is 9.68. The minimum absolute atomic E-state index is 0.0899. The first kappa shape index (κ1) is 22.3. The fourth-order valence-corrected chi connectivity index (χ4v) is 3.28. The molecule has 0 aliphatic heterocycles. The molecule has 0 unspecified atom stereocenters. The molecular weight excluding hydrogens is 368 g/mol. The smallest absolute Gasteiger partial charge is 0.226 e. The van der Waals surface area contributed by atoms with Crippen molar-refractivity contribution in [2.45, 2.75) is 40.0 Å². The van der Waals surface area contributed by atoms with Gasteiger partial charge in [0.2, 0.25) is 11.8 Å². The van der Waals surface area contributed by atoms with E-state index in [1.807, 2.05) is 25.1 Å². The Labute approximate surface area is 172 Å². The molecule has 0 heterocycles. The zero-order chi connectivity index (χ0) is 21.6. The van der Waals surface area contributed by atoms with E-state index in [4.69, 9.17) is 9.47 Å². The van der Waals surface area contributed by atoms with Crippen LogP contribution >= 0.6 is 0 Å². The van der Waals surface area contributed by atoms with E-state index in [-0.39, 0.29) is 30.7 Å². The van der Waals surface area contributed by atoms with Crippen molar-refractivity contribution in [1.82, 2.24) is 0 Å². The lowest BCUT2D eigenvalue weighted by molar-refractivity contribution is -0.117. The summed E-state index contributed by atoms with van der Waals surface area (Å²) < 4.78 is 10.5. The van der Waals surface area contributed by atoms with E-state index in [1.54, 1.807) is 37.3 Å². The molecular formula is C23H30N2O4. The van der Waals surface area contributed by atoms with Gasteiger partial charge < -0.3 is 19.7 Å². The molecule has 0 fully saturated rings. The lowest BCUT2D eigenvalue weighted by Crippen LogP contribution is -2.33. The molecule has 0 aliphatic rings. The third-order valence-corrected chi connectivity index (χ3v) is 4.78. The number of hydrogen-bond donors (Lipinski definition) is 1. The average Bonchev–Trinajstić information content (AvgIpc) is 2.68. The van der Waals surface area contributed by atoms with Crippen molar-refractivity contribution in [3.8, 4) is 11.5 Å². The SMILES string of the molecule is COc1ccc(OC)c(NC(=O)CCN(C(C)=O)c2c(C)cccc2C(C)C)c1. The van der Waals surface area contributed by atoms with Crippen LogP contribution in [0.3, 0.4) is 0 Å². The lowest BCUT2D eigenvalue weighted by Gasteiger charge is -2.27. The van der Waals surface area contributed by atoms with E-state index in [2.05, 4.69) is 19.2 Å². The number of nitrogens with zero attached hydrogens (tertiary/aromatic N) is 1. The Morgan fingerprint density at radius 3 is 2.41 bits per heavy atom. The Kier molecular flexibility index (Phi) is 7.65. The summed E-state index contributed by atoms with van der Waals surface area (Å²) in [7, 11) is 3.10. The van der Waals surface area contributed by atoms with Gasteiger partial charge in [0.05, 0.1) is 19.9 Å². The van der Waals surface area contributed by atoms with Gasteiger partial charge >= 0.3 is 0 Å². The van der Waals surface area contributed by atoms with Gasteiger partial charge in [0.1, 0.15) is 11.5 Å². The van der Waals surface area contributed by atoms with Crippen LogP contribution < -0.4 is 19.7 Å². The van der Waals surface area contributed by atoms with Gasteiger partial charge in [0.15, 0.2) is 0 Å². The molecule has 2 amide bonds. The number of aryl methyl sites for hydroxylation is 1. The highest BCUT2D eigenvalue weighted by molar-refractivity contribution is 5.96. The first-order chi connectivity index (χ1) is 13.8. The predicted molar refractivity (Wildman–Crippen MR) is 116 cm³/mol. The maximum absolute atomic E-state index is 12.6. The molecule has 2 rings (SSSR count). The summed E-state index contributed by atoms with van der Waals surface area (Å²) in [6.45, 7) is 7.99. The highest BCUT2D eigenvalue weighted by Gasteiger charge is 2.20. The molecule has 6 nitrogen and oxygen atoms in total. The van der Waals surface area contributed by atoms with Crippen LogP contribution in [-0.4, -0.2) is 32.6 Å². The zero-order valence-electron chi connectivity index (χ0n) is 18.0. The summed E-state index contributed by atoms with van der Waals surface area (Å²) in [4.78, 5) is 26.7. The Balaban J connectivity index is 2.19. The predicted octanol–water partition coefficient (Wildman–Crippen LogP) is 4.52. The fraction of sp³-hybridized carbons (Fsp3) is 0.391. The number of methoxy groups -OCH3 is 2. The maximum atomic E-state index is 12.6. The van der Waals surface area contributed by atoms with Crippen molar-refractivity contribution < 1.29 is 19.1 Å². The molecule has 0 aromatic heterocycles. The number of amides is 2. The Bertz CT molecular complexity index is 877. The molecule has 0 aliphatic carbocycles. The Morgan fingerprint density at radius 1 is 1.10 bits per heavy atom. The summed E-state index contributed by atoms with van der Waals surface area (Å²) >= 11 is 0. The molecule has 0 atom stereocenters. The highest BCUT2D eigenvalue weighted by atomic mass is 16.5. The van der Waals surface area contributed by atoms with Crippen LogP contribution in [0.4, 0.5) is 11.4 Å². The molecule has 29 heavy (non-hydrogen) atoms. The molecule has 2 aromatic carbocycles. The summed E-state index contributed by atoms with van der Waals surface area (Å²) in [5.41, 5.74) is 3.53. The van der Waals surface area contributed by atoms with E-state index >= 15 is 0 Å². The van der Waals surface area contributed by atoms with E-state index in [1.165, 1.54) is 6.92 Å². The highest BCUT2D eigenvalue weighted by Crippen LogP contribution is 2.32. The van der Waals surface area contributed by atoms with Crippen molar-refractivity contribution >= 4 is 23.2 Å². The molecule has 0 spiro atoms. The molecule has 0 saturated heterocycles. The molecule has 0 bridgehead atoms. The van der Waals surface area contributed by atoms with Gasteiger partial charge in [0, 0.05) is 31.6 Å². The molecule has 2 aromatic rings. The quantitative estimate of drug-likeness (QED) is 0.710. The minimum Gasteiger partial charge on any atom is -0.497 e. The number of carbonyl (C=O) groups is 2. The second kappa shape index (κ2) is 9.96. The second-order valence-electron chi connectivity index (χ2n) is 7.20. The maximum Gasteiger partial charge on any atom is 0.226 e.